The van der Waals surface area contributed by atoms with Crippen LogP contribution in [-0.4, -0.2) is 35.5 Å². The molecule has 0 saturated carbocycles. The second-order valence-electron chi connectivity index (χ2n) is 7.20. The quantitative estimate of drug-likeness (QED) is 0.319. The second-order valence-corrected chi connectivity index (χ2v) is 7.61. The van der Waals surface area contributed by atoms with E-state index in [1.54, 1.807) is 26.0 Å². The summed E-state index contributed by atoms with van der Waals surface area (Å²) in [7, 11) is 0. The highest BCUT2D eigenvalue weighted by atomic mass is 35.5. The smallest absolute Gasteiger partial charge is 0.307 e. The molecule has 0 spiro atoms. The Bertz CT molecular complexity index is 1340. The molecule has 0 aliphatic rings. The summed E-state index contributed by atoms with van der Waals surface area (Å²) in [5.74, 6) is -0.442. The zero-order chi connectivity index (χ0) is 23.7. The van der Waals surface area contributed by atoms with Crippen LogP contribution in [0.2, 0.25) is 5.02 Å². The SMILES string of the molecule is Cc1onc(C(=O)Nc2cc(C)n(Cc3c(F)cccc3Cl)n2)c1Cn1cc([N+](=O)[O-])cn1. The topological polar surface area (TPSA) is 134 Å². The summed E-state index contributed by atoms with van der Waals surface area (Å²) in [5, 5.41) is 25.8. The van der Waals surface area contributed by atoms with Gasteiger partial charge in [-0.25, -0.2) is 4.39 Å². The van der Waals surface area contributed by atoms with Crippen LogP contribution in [-0.2, 0) is 13.1 Å². The van der Waals surface area contributed by atoms with Crippen molar-refractivity contribution in [3.63, 3.8) is 0 Å². The Morgan fingerprint density at radius 1 is 1.30 bits per heavy atom. The normalized spacial score (nSPS) is 11.0. The van der Waals surface area contributed by atoms with E-state index in [2.05, 4.69) is 20.7 Å². The van der Waals surface area contributed by atoms with Crippen LogP contribution >= 0.6 is 11.6 Å². The zero-order valence-corrected chi connectivity index (χ0v) is 18.2. The van der Waals surface area contributed by atoms with Crippen molar-refractivity contribution in [2.75, 3.05) is 5.32 Å². The first kappa shape index (κ1) is 22.1. The van der Waals surface area contributed by atoms with Crippen LogP contribution in [0.1, 0.15) is 33.1 Å². The van der Waals surface area contributed by atoms with Gasteiger partial charge in [0.1, 0.15) is 24.0 Å². The number of hydrogen-bond acceptors (Lipinski definition) is 7. The average Bonchev–Trinajstić information content (AvgIpc) is 3.45. The fourth-order valence-electron chi connectivity index (χ4n) is 3.19. The van der Waals surface area contributed by atoms with E-state index in [9.17, 15) is 19.3 Å². The van der Waals surface area contributed by atoms with Crippen molar-refractivity contribution in [2.45, 2.75) is 26.9 Å². The van der Waals surface area contributed by atoms with Gasteiger partial charge in [0.15, 0.2) is 11.5 Å². The number of aromatic nitrogens is 5. The van der Waals surface area contributed by atoms with Gasteiger partial charge in [-0.1, -0.05) is 22.8 Å². The molecule has 170 valence electrons. The Labute approximate surface area is 190 Å². The third kappa shape index (κ3) is 4.60. The van der Waals surface area contributed by atoms with Crippen molar-refractivity contribution in [1.82, 2.24) is 24.7 Å². The lowest BCUT2D eigenvalue weighted by atomic mass is 10.2. The molecule has 0 bridgehead atoms. The molecule has 0 fully saturated rings. The van der Waals surface area contributed by atoms with Gasteiger partial charge in [0.25, 0.3) is 5.91 Å². The number of halogens is 2. The summed E-state index contributed by atoms with van der Waals surface area (Å²) in [6.45, 7) is 3.51. The summed E-state index contributed by atoms with van der Waals surface area (Å²) in [6, 6.07) is 6.04. The van der Waals surface area contributed by atoms with E-state index in [1.165, 1.54) is 27.7 Å². The van der Waals surface area contributed by atoms with Gasteiger partial charge in [0.2, 0.25) is 0 Å². The summed E-state index contributed by atoms with van der Waals surface area (Å²) in [6.07, 6.45) is 2.35. The first-order valence-electron chi connectivity index (χ1n) is 9.63. The van der Waals surface area contributed by atoms with E-state index < -0.39 is 16.6 Å². The van der Waals surface area contributed by atoms with Crippen molar-refractivity contribution in [1.29, 1.82) is 0 Å². The highest BCUT2D eigenvalue weighted by Crippen LogP contribution is 2.22. The second kappa shape index (κ2) is 8.82. The minimum absolute atomic E-state index is 0.00463. The molecule has 1 N–H and O–H groups in total. The molecule has 3 aromatic heterocycles. The van der Waals surface area contributed by atoms with Crippen LogP contribution in [0.5, 0.6) is 0 Å². The highest BCUT2D eigenvalue weighted by Gasteiger charge is 2.22. The van der Waals surface area contributed by atoms with Gasteiger partial charge >= 0.3 is 5.69 Å². The number of benzene rings is 1. The van der Waals surface area contributed by atoms with Gasteiger partial charge in [0, 0.05) is 27.9 Å². The number of nitrogens with one attached hydrogen (secondary N) is 1. The highest BCUT2D eigenvalue weighted by molar-refractivity contribution is 6.31. The number of anilines is 1. The number of carbonyl (C=O) groups excluding carboxylic acids is 1. The maximum Gasteiger partial charge on any atom is 0.307 e. The molecule has 1 amide bonds. The Morgan fingerprint density at radius 3 is 2.79 bits per heavy atom. The molecular formula is C20H17ClFN7O4. The van der Waals surface area contributed by atoms with Crippen LogP contribution in [0.15, 0.2) is 41.2 Å². The molecule has 11 nitrogen and oxygen atoms in total. The lowest BCUT2D eigenvalue weighted by Gasteiger charge is -2.07. The number of carbonyl (C=O) groups is 1. The van der Waals surface area contributed by atoms with E-state index in [4.69, 9.17) is 16.1 Å². The minimum Gasteiger partial charge on any atom is -0.361 e. The molecule has 0 atom stereocenters. The Morgan fingerprint density at radius 2 is 2.09 bits per heavy atom. The summed E-state index contributed by atoms with van der Waals surface area (Å²) < 4.78 is 22.1. The number of rotatable bonds is 7. The lowest BCUT2D eigenvalue weighted by Crippen LogP contribution is -2.16. The number of nitrogens with zero attached hydrogens (tertiary/aromatic N) is 6. The van der Waals surface area contributed by atoms with E-state index in [0.717, 1.165) is 6.20 Å². The van der Waals surface area contributed by atoms with E-state index in [1.807, 2.05) is 0 Å². The molecule has 0 aliphatic carbocycles. The van der Waals surface area contributed by atoms with Crippen LogP contribution in [0.4, 0.5) is 15.9 Å². The van der Waals surface area contributed by atoms with Gasteiger partial charge < -0.3 is 9.84 Å². The first-order chi connectivity index (χ1) is 15.7. The van der Waals surface area contributed by atoms with Crippen molar-refractivity contribution < 1.29 is 18.6 Å². The third-order valence-electron chi connectivity index (χ3n) is 4.94. The van der Waals surface area contributed by atoms with Gasteiger partial charge in [0.05, 0.1) is 18.0 Å². The van der Waals surface area contributed by atoms with Crippen molar-refractivity contribution in [3.05, 3.63) is 85.9 Å². The maximum absolute atomic E-state index is 14.1. The van der Waals surface area contributed by atoms with Crippen LogP contribution in [0, 0.1) is 29.8 Å². The minimum atomic E-state index is -0.586. The first-order valence-corrected chi connectivity index (χ1v) is 10.0. The van der Waals surface area contributed by atoms with Crippen molar-refractivity contribution >= 4 is 29.0 Å². The Kier molecular flexibility index (Phi) is 5.92. The molecule has 1 aromatic carbocycles. The van der Waals surface area contributed by atoms with Gasteiger partial charge in [-0.3, -0.25) is 24.3 Å². The summed E-state index contributed by atoms with van der Waals surface area (Å²) >= 11 is 6.09. The van der Waals surface area contributed by atoms with Crippen LogP contribution < -0.4 is 5.32 Å². The zero-order valence-electron chi connectivity index (χ0n) is 17.5. The molecule has 0 aliphatic heterocycles. The number of amides is 1. The van der Waals surface area contributed by atoms with Gasteiger partial charge in [-0.05, 0) is 26.0 Å². The van der Waals surface area contributed by atoms with Crippen LogP contribution in [0.25, 0.3) is 0 Å². The predicted octanol–water partition coefficient (Wildman–Crippen LogP) is 3.73. The van der Waals surface area contributed by atoms with Crippen molar-refractivity contribution in [3.8, 4) is 0 Å². The average molecular weight is 474 g/mol. The molecule has 13 heteroatoms. The molecule has 33 heavy (non-hydrogen) atoms. The molecule has 0 saturated heterocycles. The van der Waals surface area contributed by atoms with Gasteiger partial charge in [-0.2, -0.15) is 10.2 Å². The van der Waals surface area contributed by atoms with E-state index >= 15 is 0 Å². The summed E-state index contributed by atoms with van der Waals surface area (Å²) in [5.41, 5.74) is 1.19. The third-order valence-corrected chi connectivity index (χ3v) is 5.30. The number of hydrogen-bond donors (Lipinski definition) is 1. The maximum atomic E-state index is 14.1. The fourth-order valence-corrected chi connectivity index (χ4v) is 3.41. The number of nitro groups is 1. The Hall–Kier alpha value is -4.06. The van der Waals surface area contributed by atoms with E-state index in [-0.39, 0.29) is 40.9 Å². The largest absolute Gasteiger partial charge is 0.361 e. The lowest BCUT2D eigenvalue weighted by molar-refractivity contribution is -0.385. The molecule has 0 unspecified atom stereocenters. The number of aryl methyl sites for hydroxylation is 2. The molecule has 4 rings (SSSR count). The molecule has 3 heterocycles. The molecule has 4 aromatic rings. The molecular weight excluding hydrogens is 457 g/mol. The summed E-state index contributed by atoms with van der Waals surface area (Å²) in [4.78, 5) is 23.1. The van der Waals surface area contributed by atoms with Crippen LogP contribution in [0.3, 0.4) is 0 Å². The molecule has 0 radical (unpaired) electrons. The monoisotopic (exact) mass is 473 g/mol. The van der Waals surface area contributed by atoms with E-state index in [0.29, 0.717) is 17.0 Å². The van der Waals surface area contributed by atoms with Crippen molar-refractivity contribution in [2.24, 2.45) is 0 Å². The fraction of sp³-hybridized carbons (Fsp3) is 0.200. The predicted molar refractivity (Wildman–Crippen MR) is 115 cm³/mol. The standard InChI is InChI=1S/C20H17ClFN7O4/c1-11-6-18(25-28(11)10-15-16(21)4-3-5-17(15)22)24-20(30)19-14(12(2)33-26-19)9-27-8-13(7-23-27)29(31)32/h3-8H,9-10H2,1-2H3,(H,24,25,30). The Balaban J connectivity index is 1.52. The van der Waals surface area contributed by atoms with Gasteiger partial charge in [-0.15, -0.1) is 0 Å².